The zero-order valence-electron chi connectivity index (χ0n) is 15.0. The lowest BCUT2D eigenvalue weighted by molar-refractivity contribution is -0.139. The average Bonchev–Trinajstić information content (AvgIpc) is 2.65. The molecule has 0 radical (unpaired) electrons. The summed E-state index contributed by atoms with van der Waals surface area (Å²) in [6.45, 7) is 2.56. The Balaban J connectivity index is 1.86. The van der Waals surface area contributed by atoms with Gasteiger partial charge in [-0.3, -0.25) is 0 Å². The number of ether oxygens (including phenoxy) is 2. The third-order valence-electron chi connectivity index (χ3n) is 3.86. The van der Waals surface area contributed by atoms with E-state index in [1.165, 1.54) is 0 Å². The van der Waals surface area contributed by atoms with Gasteiger partial charge in [-0.05, 0) is 48.9 Å². The molecule has 3 rings (SSSR count). The molecule has 0 unspecified atom stereocenters. The highest BCUT2D eigenvalue weighted by Gasteiger charge is 2.09. The second kappa shape index (κ2) is 8.46. The van der Waals surface area contributed by atoms with Crippen LogP contribution in [0.2, 0.25) is 0 Å². The molecule has 1 heterocycles. The standard InChI is InChI=1S/C20H21N3O4/c1-13-9-18(27-12-19(24)25)23-20(22-13)16-4-3-15-11-17(26-8-2-7-21)6-5-14(15)10-16/h3-6,9-11H,2,7-8,12,21H2,1H3,(H,24,25). The van der Waals surface area contributed by atoms with Crippen LogP contribution in [-0.4, -0.2) is 40.8 Å². The molecule has 0 saturated carbocycles. The van der Waals surface area contributed by atoms with Gasteiger partial charge in [0.1, 0.15) is 5.75 Å². The smallest absolute Gasteiger partial charge is 0.341 e. The van der Waals surface area contributed by atoms with E-state index in [9.17, 15) is 4.79 Å². The molecule has 0 saturated heterocycles. The number of carboxylic acids is 1. The Hall–Kier alpha value is -3.19. The minimum atomic E-state index is -1.05. The van der Waals surface area contributed by atoms with E-state index in [0.717, 1.165) is 28.5 Å². The van der Waals surface area contributed by atoms with E-state index < -0.39 is 12.6 Å². The number of carboxylic acid groups (broad SMARTS) is 1. The number of fused-ring (bicyclic) bond motifs is 1. The number of nitrogens with two attached hydrogens (primary N) is 1. The first kappa shape index (κ1) is 18.6. The normalized spacial score (nSPS) is 10.7. The third kappa shape index (κ3) is 4.92. The van der Waals surface area contributed by atoms with Crippen molar-refractivity contribution in [2.24, 2.45) is 5.73 Å². The van der Waals surface area contributed by atoms with Crippen LogP contribution in [0.4, 0.5) is 0 Å². The maximum atomic E-state index is 10.7. The molecule has 0 spiro atoms. The molecule has 0 bridgehead atoms. The molecule has 0 amide bonds. The fourth-order valence-corrected chi connectivity index (χ4v) is 2.60. The summed E-state index contributed by atoms with van der Waals surface area (Å²) in [7, 11) is 0. The first-order chi connectivity index (χ1) is 13.0. The molecule has 1 aromatic heterocycles. The molecule has 7 nitrogen and oxygen atoms in total. The molecule has 3 aromatic rings. The average molecular weight is 367 g/mol. The van der Waals surface area contributed by atoms with Gasteiger partial charge < -0.3 is 20.3 Å². The summed E-state index contributed by atoms with van der Waals surface area (Å²) in [4.78, 5) is 19.4. The second-order valence-corrected chi connectivity index (χ2v) is 6.07. The van der Waals surface area contributed by atoms with Gasteiger partial charge >= 0.3 is 5.97 Å². The highest BCUT2D eigenvalue weighted by molar-refractivity contribution is 5.87. The number of carbonyl (C=O) groups is 1. The first-order valence-corrected chi connectivity index (χ1v) is 8.62. The molecular formula is C20H21N3O4. The van der Waals surface area contributed by atoms with Crippen molar-refractivity contribution in [1.82, 2.24) is 9.97 Å². The Bertz CT molecular complexity index is 959. The number of hydrogen-bond donors (Lipinski definition) is 2. The fourth-order valence-electron chi connectivity index (χ4n) is 2.60. The van der Waals surface area contributed by atoms with Gasteiger partial charge in [-0.15, -0.1) is 0 Å². The van der Waals surface area contributed by atoms with Crippen LogP contribution in [0.1, 0.15) is 12.1 Å². The Kier molecular flexibility index (Phi) is 5.83. The van der Waals surface area contributed by atoms with Gasteiger partial charge in [-0.2, -0.15) is 4.98 Å². The van der Waals surface area contributed by atoms with E-state index in [2.05, 4.69) is 9.97 Å². The monoisotopic (exact) mass is 367 g/mol. The van der Waals surface area contributed by atoms with E-state index in [1.54, 1.807) is 6.07 Å². The van der Waals surface area contributed by atoms with Gasteiger partial charge in [0, 0.05) is 17.3 Å². The Labute approximate surface area is 156 Å². The predicted octanol–water partition coefficient (Wildman–Crippen LogP) is 2.80. The van der Waals surface area contributed by atoms with Crippen molar-refractivity contribution in [2.45, 2.75) is 13.3 Å². The van der Waals surface area contributed by atoms with Crippen LogP contribution >= 0.6 is 0 Å². The highest BCUT2D eigenvalue weighted by atomic mass is 16.5. The zero-order chi connectivity index (χ0) is 19.2. The summed E-state index contributed by atoms with van der Waals surface area (Å²) in [5.74, 6) is 0.479. The highest BCUT2D eigenvalue weighted by Crippen LogP contribution is 2.26. The lowest BCUT2D eigenvalue weighted by Gasteiger charge is -2.09. The minimum Gasteiger partial charge on any atom is -0.494 e. The van der Waals surface area contributed by atoms with Gasteiger partial charge in [-0.25, -0.2) is 9.78 Å². The van der Waals surface area contributed by atoms with Crippen LogP contribution in [0.5, 0.6) is 11.6 Å². The number of hydrogen-bond acceptors (Lipinski definition) is 6. The lowest BCUT2D eigenvalue weighted by atomic mass is 10.1. The number of aryl methyl sites for hydroxylation is 1. The molecule has 0 atom stereocenters. The Morgan fingerprint density at radius 2 is 1.85 bits per heavy atom. The zero-order valence-corrected chi connectivity index (χ0v) is 15.0. The fraction of sp³-hybridized carbons (Fsp3) is 0.250. The van der Waals surface area contributed by atoms with E-state index in [-0.39, 0.29) is 5.88 Å². The molecule has 2 aromatic carbocycles. The number of nitrogens with zero attached hydrogens (tertiary/aromatic N) is 2. The van der Waals surface area contributed by atoms with Crippen molar-refractivity contribution in [3.63, 3.8) is 0 Å². The third-order valence-corrected chi connectivity index (χ3v) is 3.86. The van der Waals surface area contributed by atoms with Crippen LogP contribution in [0, 0.1) is 6.92 Å². The maximum absolute atomic E-state index is 10.7. The largest absolute Gasteiger partial charge is 0.494 e. The summed E-state index contributed by atoms with van der Waals surface area (Å²) in [5, 5.41) is 10.8. The van der Waals surface area contributed by atoms with Gasteiger partial charge in [0.05, 0.1) is 6.61 Å². The Morgan fingerprint density at radius 3 is 2.63 bits per heavy atom. The molecule has 0 aliphatic carbocycles. The van der Waals surface area contributed by atoms with Crippen molar-refractivity contribution in [3.05, 3.63) is 48.2 Å². The van der Waals surface area contributed by atoms with Crippen LogP contribution in [-0.2, 0) is 4.79 Å². The number of aromatic nitrogens is 2. The molecule has 140 valence electrons. The van der Waals surface area contributed by atoms with Crippen LogP contribution < -0.4 is 15.2 Å². The van der Waals surface area contributed by atoms with Gasteiger partial charge in [0.25, 0.3) is 0 Å². The van der Waals surface area contributed by atoms with Crippen LogP contribution in [0.15, 0.2) is 42.5 Å². The van der Waals surface area contributed by atoms with Crippen molar-refractivity contribution < 1.29 is 19.4 Å². The topological polar surface area (TPSA) is 108 Å². The van der Waals surface area contributed by atoms with Gasteiger partial charge in [0.2, 0.25) is 5.88 Å². The van der Waals surface area contributed by atoms with Crippen molar-refractivity contribution in [2.75, 3.05) is 19.8 Å². The molecular weight excluding hydrogens is 346 g/mol. The van der Waals surface area contributed by atoms with Gasteiger partial charge in [0.15, 0.2) is 12.4 Å². The van der Waals surface area contributed by atoms with Crippen LogP contribution in [0.3, 0.4) is 0 Å². The SMILES string of the molecule is Cc1cc(OCC(=O)O)nc(-c2ccc3cc(OCCCN)ccc3c2)n1. The van der Waals surface area contributed by atoms with Crippen molar-refractivity contribution in [1.29, 1.82) is 0 Å². The lowest BCUT2D eigenvalue weighted by Crippen LogP contribution is -2.11. The molecule has 0 aliphatic rings. The summed E-state index contributed by atoms with van der Waals surface area (Å²) in [5.41, 5.74) is 7.00. The second-order valence-electron chi connectivity index (χ2n) is 6.07. The number of aliphatic carboxylic acids is 1. The summed E-state index contributed by atoms with van der Waals surface area (Å²) < 4.78 is 10.9. The molecule has 0 aliphatic heterocycles. The van der Waals surface area contributed by atoms with E-state index >= 15 is 0 Å². The molecule has 0 fully saturated rings. The summed E-state index contributed by atoms with van der Waals surface area (Å²) >= 11 is 0. The predicted molar refractivity (Wildman–Crippen MR) is 102 cm³/mol. The van der Waals surface area contributed by atoms with Crippen LogP contribution in [0.25, 0.3) is 22.2 Å². The quantitative estimate of drug-likeness (QED) is 0.589. The summed E-state index contributed by atoms with van der Waals surface area (Å²) in [6, 6.07) is 13.4. The molecule has 3 N–H and O–H groups in total. The minimum absolute atomic E-state index is 0.239. The number of benzene rings is 2. The maximum Gasteiger partial charge on any atom is 0.341 e. The number of rotatable bonds is 8. The van der Waals surface area contributed by atoms with Crippen molar-refractivity contribution >= 4 is 16.7 Å². The van der Waals surface area contributed by atoms with E-state index in [0.29, 0.717) is 24.7 Å². The van der Waals surface area contributed by atoms with E-state index in [4.69, 9.17) is 20.3 Å². The van der Waals surface area contributed by atoms with Gasteiger partial charge in [-0.1, -0.05) is 18.2 Å². The first-order valence-electron chi connectivity index (χ1n) is 8.62. The Morgan fingerprint density at radius 1 is 1.07 bits per heavy atom. The molecule has 7 heteroatoms. The van der Waals surface area contributed by atoms with Crippen molar-refractivity contribution in [3.8, 4) is 23.0 Å². The molecule has 27 heavy (non-hydrogen) atoms. The summed E-state index contributed by atoms with van der Waals surface area (Å²) in [6.07, 6.45) is 0.813. The van der Waals surface area contributed by atoms with E-state index in [1.807, 2.05) is 43.3 Å².